The number of nitrogens with zero attached hydrogens (tertiary/aromatic N) is 2. The number of carbonyl (C=O) groups is 1. The number of para-hydroxylation sites is 2. The highest BCUT2D eigenvalue weighted by atomic mass is 32.2. The second-order valence-electron chi connectivity index (χ2n) is 6.08. The summed E-state index contributed by atoms with van der Waals surface area (Å²) in [6.07, 6.45) is 3.20. The number of rotatable bonds is 5. The second-order valence-corrected chi connectivity index (χ2v) is 7.02. The summed E-state index contributed by atoms with van der Waals surface area (Å²) in [5.41, 5.74) is 4.08. The van der Waals surface area contributed by atoms with E-state index in [1.165, 1.54) is 11.1 Å². The van der Waals surface area contributed by atoms with Crippen LogP contribution < -0.4 is 0 Å². The zero-order valence-electron chi connectivity index (χ0n) is 13.4. The largest absolute Gasteiger partial charge is 0.321 e. The number of thioether (sulfide) groups is 1. The molecular weight excluding hydrogens is 342 g/mol. The lowest BCUT2D eigenvalue weighted by atomic mass is 10.0. The molecule has 0 amide bonds. The van der Waals surface area contributed by atoms with Crippen LogP contribution in [0.4, 0.5) is 8.78 Å². The van der Waals surface area contributed by atoms with Crippen LogP contribution in [0.2, 0.25) is 0 Å². The Morgan fingerprint density at radius 3 is 2.80 bits per heavy atom. The number of hydrogen-bond acceptors (Lipinski definition) is 3. The van der Waals surface area contributed by atoms with E-state index in [0.29, 0.717) is 16.6 Å². The highest BCUT2D eigenvalue weighted by Gasteiger charge is 2.20. The predicted octanol–water partition coefficient (Wildman–Crippen LogP) is 4.90. The summed E-state index contributed by atoms with van der Waals surface area (Å²) in [7, 11) is 0. The number of aromatic nitrogens is 2. The molecule has 6 heteroatoms. The normalized spacial score (nSPS) is 13.6. The zero-order valence-corrected chi connectivity index (χ0v) is 14.2. The fourth-order valence-corrected chi connectivity index (χ4v) is 4.18. The molecule has 0 aliphatic heterocycles. The van der Waals surface area contributed by atoms with Crippen LogP contribution in [0.3, 0.4) is 0 Å². The van der Waals surface area contributed by atoms with Crippen molar-refractivity contribution in [2.45, 2.75) is 31.0 Å². The predicted molar refractivity (Wildman–Crippen MR) is 94.5 cm³/mol. The van der Waals surface area contributed by atoms with Crippen molar-refractivity contribution >= 4 is 28.6 Å². The molecule has 0 bridgehead atoms. The number of ketones is 1. The molecule has 0 atom stereocenters. The van der Waals surface area contributed by atoms with E-state index < -0.39 is 6.55 Å². The van der Waals surface area contributed by atoms with Crippen molar-refractivity contribution in [1.29, 1.82) is 0 Å². The first kappa shape index (κ1) is 16.3. The van der Waals surface area contributed by atoms with Gasteiger partial charge in [0.1, 0.15) is 0 Å². The number of benzene rings is 2. The van der Waals surface area contributed by atoms with Crippen LogP contribution in [-0.2, 0) is 12.8 Å². The van der Waals surface area contributed by atoms with Gasteiger partial charge in [-0.1, -0.05) is 36.0 Å². The SMILES string of the molecule is O=C(CSc1nc2ccccc2n1C(F)F)c1ccc2c(c1)CCC2. The van der Waals surface area contributed by atoms with Crippen LogP contribution in [0.25, 0.3) is 11.0 Å². The number of hydrogen-bond donors (Lipinski definition) is 0. The summed E-state index contributed by atoms with van der Waals surface area (Å²) in [6.45, 7) is -2.69. The van der Waals surface area contributed by atoms with E-state index in [2.05, 4.69) is 4.98 Å². The fraction of sp³-hybridized carbons (Fsp3) is 0.263. The van der Waals surface area contributed by atoms with Gasteiger partial charge < -0.3 is 0 Å². The van der Waals surface area contributed by atoms with E-state index >= 15 is 0 Å². The van der Waals surface area contributed by atoms with Gasteiger partial charge in [0, 0.05) is 5.56 Å². The Morgan fingerprint density at radius 2 is 1.96 bits per heavy atom. The van der Waals surface area contributed by atoms with Crippen molar-refractivity contribution in [2.75, 3.05) is 5.75 Å². The van der Waals surface area contributed by atoms with Crippen LogP contribution in [0, 0.1) is 0 Å². The molecule has 0 fully saturated rings. The molecule has 2 aromatic carbocycles. The van der Waals surface area contributed by atoms with Gasteiger partial charge in [-0.15, -0.1) is 0 Å². The standard InChI is InChI=1S/C19H16F2N2OS/c20-18(21)23-16-7-2-1-6-15(16)22-19(23)25-11-17(24)14-9-8-12-4-3-5-13(12)10-14/h1-2,6-10,18H,3-5,11H2. The molecule has 0 spiro atoms. The molecule has 0 saturated heterocycles. The maximum absolute atomic E-state index is 13.4. The molecular formula is C19H16F2N2OS. The molecule has 3 aromatic rings. The molecule has 3 nitrogen and oxygen atoms in total. The number of Topliss-reactive ketones (excluding diaryl/α,β-unsaturated/α-hetero) is 1. The van der Waals surface area contributed by atoms with Crippen molar-refractivity contribution < 1.29 is 13.6 Å². The Morgan fingerprint density at radius 1 is 1.16 bits per heavy atom. The van der Waals surface area contributed by atoms with Gasteiger partial charge in [0.05, 0.1) is 16.8 Å². The minimum atomic E-state index is -2.69. The van der Waals surface area contributed by atoms with Crippen LogP contribution in [-0.4, -0.2) is 21.1 Å². The highest BCUT2D eigenvalue weighted by Crippen LogP contribution is 2.30. The lowest BCUT2D eigenvalue weighted by molar-refractivity contribution is 0.0656. The average Bonchev–Trinajstić information content (AvgIpc) is 3.22. The fourth-order valence-electron chi connectivity index (χ4n) is 3.27. The summed E-state index contributed by atoms with van der Waals surface area (Å²) in [5, 5.41) is 0.172. The van der Waals surface area contributed by atoms with Crippen molar-refractivity contribution in [1.82, 2.24) is 9.55 Å². The molecule has 0 radical (unpaired) electrons. The molecule has 1 aliphatic carbocycles. The minimum absolute atomic E-state index is 0.0624. The molecule has 25 heavy (non-hydrogen) atoms. The van der Waals surface area contributed by atoms with Gasteiger partial charge in [0.15, 0.2) is 10.9 Å². The number of alkyl halides is 2. The average molecular weight is 358 g/mol. The van der Waals surface area contributed by atoms with E-state index in [4.69, 9.17) is 0 Å². The smallest absolute Gasteiger partial charge is 0.293 e. The maximum atomic E-state index is 13.4. The maximum Gasteiger partial charge on any atom is 0.321 e. The van der Waals surface area contributed by atoms with Crippen molar-refractivity contribution in [3.8, 4) is 0 Å². The Hall–Kier alpha value is -2.21. The van der Waals surface area contributed by atoms with Crippen molar-refractivity contribution in [3.05, 3.63) is 59.2 Å². The highest BCUT2D eigenvalue weighted by molar-refractivity contribution is 7.99. The molecule has 0 saturated carbocycles. The van der Waals surface area contributed by atoms with E-state index in [1.807, 2.05) is 18.2 Å². The summed E-state index contributed by atoms with van der Waals surface area (Å²) in [5.74, 6) is 0.0297. The topological polar surface area (TPSA) is 34.9 Å². The third-order valence-electron chi connectivity index (χ3n) is 4.51. The summed E-state index contributed by atoms with van der Waals surface area (Å²) >= 11 is 1.06. The summed E-state index contributed by atoms with van der Waals surface area (Å²) in [4.78, 5) is 16.7. The summed E-state index contributed by atoms with van der Waals surface area (Å²) in [6, 6.07) is 12.6. The molecule has 0 unspecified atom stereocenters. The zero-order chi connectivity index (χ0) is 17.4. The lowest BCUT2D eigenvalue weighted by Gasteiger charge is -2.07. The van der Waals surface area contributed by atoms with Crippen LogP contribution in [0.15, 0.2) is 47.6 Å². The van der Waals surface area contributed by atoms with E-state index in [0.717, 1.165) is 35.6 Å². The Balaban J connectivity index is 1.56. The Kier molecular flexibility index (Phi) is 4.29. The van der Waals surface area contributed by atoms with Crippen molar-refractivity contribution in [2.24, 2.45) is 0 Å². The second kappa shape index (κ2) is 6.59. The van der Waals surface area contributed by atoms with Gasteiger partial charge in [-0.2, -0.15) is 8.78 Å². The molecule has 1 aliphatic rings. The molecule has 128 valence electrons. The quantitative estimate of drug-likeness (QED) is 0.481. The monoisotopic (exact) mass is 358 g/mol. The first-order chi connectivity index (χ1) is 12.1. The Bertz CT molecular complexity index is 952. The number of fused-ring (bicyclic) bond motifs is 2. The van der Waals surface area contributed by atoms with E-state index in [9.17, 15) is 13.6 Å². The number of imidazole rings is 1. The minimum Gasteiger partial charge on any atom is -0.293 e. The lowest BCUT2D eigenvalue weighted by Crippen LogP contribution is -2.06. The van der Waals surface area contributed by atoms with Gasteiger partial charge >= 0.3 is 6.55 Å². The number of carbonyl (C=O) groups excluding carboxylic acids is 1. The molecule has 0 N–H and O–H groups in total. The Labute approximate surface area is 148 Å². The van der Waals surface area contributed by atoms with Crippen LogP contribution >= 0.6 is 11.8 Å². The summed E-state index contributed by atoms with van der Waals surface area (Å²) < 4.78 is 27.7. The number of aryl methyl sites for hydroxylation is 2. The third kappa shape index (κ3) is 3.06. The molecule has 4 rings (SSSR count). The first-order valence-corrected chi connectivity index (χ1v) is 9.15. The third-order valence-corrected chi connectivity index (χ3v) is 5.46. The molecule has 1 aromatic heterocycles. The van der Waals surface area contributed by atoms with Gasteiger partial charge in [0.25, 0.3) is 0 Å². The van der Waals surface area contributed by atoms with Gasteiger partial charge in [-0.25, -0.2) is 4.98 Å². The van der Waals surface area contributed by atoms with Crippen molar-refractivity contribution in [3.63, 3.8) is 0 Å². The molecule has 1 heterocycles. The van der Waals surface area contributed by atoms with Gasteiger partial charge in [0.2, 0.25) is 0 Å². The van der Waals surface area contributed by atoms with Gasteiger partial charge in [-0.3, -0.25) is 9.36 Å². The van der Waals surface area contributed by atoms with Crippen LogP contribution in [0.5, 0.6) is 0 Å². The van der Waals surface area contributed by atoms with E-state index in [1.54, 1.807) is 24.3 Å². The van der Waals surface area contributed by atoms with Gasteiger partial charge in [-0.05, 0) is 48.6 Å². The van der Waals surface area contributed by atoms with Crippen LogP contribution in [0.1, 0.15) is 34.5 Å². The first-order valence-electron chi connectivity index (χ1n) is 8.16. The number of halogens is 2. The van der Waals surface area contributed by atoms with E-state index in [-0.39, 0.29) is 16.7 Å².